The van der Waals surface area contributed by atoms with Crippen LogP contribution >= 0.6 is 27.3 Å². The standard InChI is InChI=1S/C18H23BrN4S/c1-17(2,3)11-18(4,5)22-16-15(12-6-7-13(19)24-12)21-14-10-20-8-9-23(14)16/h6-10,22H,11H2,1-5H3. The minimum Gasteiger partial charge on any atom is -0.364 e. The van der Waals surface area contributed by atoms with E-state index in [-0.39, 0.29) is 11.0 Å². The average molecular weight is 407 g/mol. The zero-order chi connectivity index (χ0) is 17.5. The van der Waals surface area contributed by atoms with Crippen molar-refractivity contribution in [3.8, 4) is 10.6 Å². The Bertz CT molecular complexity index is 857. The lowest BCUT2D eigenvalue weighted by Crippen LogP contribution is -2.36. The fraction of sp³-hybridized carbons (Fsp3) is 0.444. The van der Waals surface area contributed by atoms with Crippen LogP contribution in [0, 0.1) is 5.41 Å². The van der Waals surface area contributed by atoms with E-state index in [0.29, 0.717) is 0 Å². The number of hydrogen-bond donors (Lipinski definition) is 1. The highest BCUT2D eigenvalue weighted by atomic mass is 79.9. The zero-order valence-electron chi connectivity index (χ0n) is 14.7. The molecule has 0 amide bonds. The van der Waals surface area contributed by atoms with Crippen LogP contribution in [0.1, 0.15) is 41.0 Å². The fourth-order valence-electron chi connectivity index (χ4n) is 3.33. The first-order valence-corrected chi connectivity index (χ1v) is 9.62. The van der Waals surface area contributed by atoms with E-state index in [1.165, 1.54) is 0 Å². The van der Waals surface area contributed by atoms with E-state index in [1.807, 2.05) is 6.20 Å². The molecule has 0 fully saturated rings. The monoisotopic (exact) mass is 406 g/mol. The Kier molecular flexibility index (Phi) is 4.47. The number of hydrogen-bond acceptors (Lipinski definition) is 4. The minimum absolute atomic E-state index is 0.0548. The Morgan fingerprint density at radius 2 is 1.96 bits per heavy atom. The van der Waals surface area contributed by atoms with Gasteiger partial charge in [0.25, 0.3) is 0 Å². The van der Waals surface area contributed by atoms with Crippen molar-refractivity contribution in [2.24, 2.45) is 5.41 Å². The van der Waals surface area contributed by atoms with Gasteiger partial charge in [-0.15, -0.1) is 11.3 Å². The summed E-state index contributed by atoms with van der Waals surface area (Å²) < 4.78 is 3.19. The smallest absolute Gasteiger partial charge is 0.157 e. The second-order valence-corrected chi connectivity index (χ2v) is 10.4. The van der Waals surface area contributed by atoms with Crippen molar-refractivity contribution in [3.63, 3.8) is 0 Å². The van der Waals surface area contributed by atoms with E-state index in [2.05, 4.69) is 77.4 Å². The maximum Gasteiger partial charge on any atom is 0.157 e. The molecule has 0 aliphatic heterocycles. The third kappa shape index (κ3) is 3.81. The summed E-state index contributed by atoms with van der Waals surface area (Å²) in [6.45, 7) is 11.3. The zero-order valence-corrected chi connectivity index (χ0v) is 17.1. The van der Waals surface area contributed by atoms with Crippen LogP contribution in [0.15, 0.2) is 34.5 Å². The molecular weight excluding hydrogens is 384 g/mol. The summed E-state index contributed by atoms with van der Waals surface area (Å²) in [6.07, 6.45) is 6.61. The van der Waals surface area contributed by atoms with Gasteiger partial charge in [-0.05, 0) is 53.7 Å². The maximum atomic E-state index is 4.80. The van der Waals surface area contributed by atoms with Crippen LogP contribution < -0.4 is 5.32 Å². The molecule has 0 radical (unpaired) electrons. The van der Waals surface area contributed by atoms with E-state index in [4.69, 9.17) is 4.98 Å². The van der Waals surface area contributed by atoms with Crippen LogP contribution in [-0.4, -0.2) is 19.9 Å². The van der Waals surface area contributed by atoms with Gasteiger partial charge in [0.1, 0.15) is 11.5 Å². The molecule has 0 aliphatic rings. The molecule has 0 aliphatic carbocycles. The first-order valence-electron chi connectivity index (χ1n) is 8.01. The van der Waals surface area contributed by atoms with Crippen LogP contribution in [0.3, 0.4) is 0 Å². The lowest BCUT2D eigenvalue weighted by molar-refractivity contribution is 0.302. The van der Waals surface area contributed by atoms with E-state index in [0.717, 1.165) is 32.2 Å². The molecule has 1 N–H and O–H groups in total. The van der Waals surface area contributed by atoms with E-state index in [1.54, 1.807) is 23.7 Å². The highest BCUT2D eigenvalue weighted by molar-refractivity contribution is 9.11. The largest absolute Gasteiger partial charge is 0.364 e. The molecule has 3 heterocycles. The molecular formula is C18H23BrN4S. The Labute approximate surface area is 155 Å². The SMILES string of the molecule is CC(C)(C)CC(C)(C)Nc1c(-c2ccc(Br)s2)nc2cnccn12. The van der Waals surface area contributed by atoms with Crippen molar-refractivity contribution < 1.29 is 0 Å². The molecule has 0 spiro atoms. The van der Waals surface area contributed by atoms with Crippen LogP contribution in [-0.2, 0) is 0 Å². The number of anilines is 1. The van der Waals surface area contributed by atoms with E-state index in [9.17, 15) is 0 Å². The molecule has 0 aromatic carbocycles. The molecule has 4 nitrogen and oxygen atoms in total. The van der Waals surface area contributed by atoms with Crippen molar-refractivity contribution >= 4 is 38.7 Å². The van der Waals surface area contributed by atoms with Gasteiger partial charge < -0.3 is 5.32 Å². The van der Waals surface area contributed by atoms with Gasteiger partial charge in [0.2, 0.25) is 0 Å². The number of halogens is 1. The summed E-state index contributed by atoms with van der Waals surface area (Å²) in [5, 5.41) is 3.74. The highest BCUT2D eigenvalue weighted by Crippen LogP contribution is 2.38. The molecule has 0 saturated carbocycles. The third-order valence-corrected chi connectivity index (χ3v) is 5.30. The topological polar surface area (TPSA) is 42.2 Å². The first kappa shape index (κ1) is 17.4. The maximum absolute atomic E-state index is 4.80. The lowest BCUT2D eigenvalue weighted by atomic mass is 9.82. The van der Waals surface area contributed by atoms with Gasteiger partial charge in [-0.3, -0.25) is 9.38 Å². The summed E-state index contributed by atoms with van der Waals surface area (Å²) in [5.41, 5.74) is 2.01. The van der Waals surface area contributed by atoms with Gasteiger partial charge in [-0.1, -0.05) is 20.8 Å². The summed E-state index contributed by atoms with van der Waals surface area (Å²) in [7, 11) is 0. The minimum atomic E-state index is -0.0548. The summed E-state index contributed by atoms with van der Waals surface area (Å²) >= 11 is 5.24. The predicted octanol–water partition coefficient (Wildman–Crippen LogP) is 5.85. The number of thiophene rings is 1. The number of nitrogens with zero attached hydrogens (tertiary/aromatic N) is 3. The number of nitrogens with one attached hydrogen (secondary N) is 1. The average Bonchev–Trinajstić information content (AvgIpc) is 3.00. The number of aromatic nitrogens is 3. The highest BCUT2D eigenvalue weighted by Gasteiger charge is 2.28. The number of imidazole rings is 1. The lowest BCUT2D eigenvalue weighted by Gasteiger charge is -2.34. The van der Waals surface area contributed by atoms with Crippen LogP contribution in [0.25, 0.3) is 16.2 Å². The molecule has 0 bridgehead atoms. The molecule has 3 rings (SSSR count). The third-order valence-electron chi connectivity index (χ3n) is 3.67. The summed E-state index contributed by atoms with van der Waals surface area (Å²) in [5.74, 6) is 1.02. The van der Waals surface area contributed by atoms with Crippen molar-refractivity contribution in [1.82, 2.24) is 14.4 Å². The van der Waals surface area contributed by atoms with Crippen molar-refractivity contribution in [1.29, 1.82) is 0 Å². The first-order chi connectivity index (χ1) is 11.1. The van der Waals surface area contributed by atoms with Crippen molar-refractivity contribution in [2.45, 2.75) is 46.6 Å². The Morgan fingerprint density at radius 1 is 1.21 bits per heavy atom. The molecule has 0 unspecified atom stereocenters. The Morgan fingerprint density at radius 3 is 2.58 bits per heavy atom. The number of rotatable bonds is 4. The van der Waals surface area contributed by atoms with Gasteiger partial charge in [-0.2, -0.15) is 0 Å². The molecule has 3 aromatic heterocycles. The van der Waals surface area contributed by atoms with Crippen LogP contribution in [0.2, 0.25) is 0 Å². The van der Waals surface area contributed by atoms with Crippen molar-refractivity contribution in [2.75, 3.05) is 5.32 Å². The van der Waals surface area contributed by atoms with E-state index < -0.39 is 0 Å². The molecule has 3 aromatic rings. The van der Waals surface area contributed by atoms with Gasteiger partial charge in [-0.25, -0.2) is 4.98 Å². The fourth-order valence-corrected chi connectivity index (χ4v) is 4.71. The number of fused-ring (bicyclic) bond motifs is 1. The van der Waals surface area contributed by atoms with Gasteiger partial charge in [0.05, 0.1) is 14.9 Å². The van der Waals surface area contributed by atoms with Gasteiger partial charge >= 0.3 is 0 Å². The Balaban J connectivity index is 2.08. The second kappa shape index (κ2) is 6.15. The van der Waals surface area contributed by atoms with Crippen molar-refractivity contribution in [3.05, 3.63) is 34.5 Å². The summed E-state index contributed by atoms with van der Waals surface area (Å²) in [4.78, 5) is 10.1. The summed E-state index contributed by atoms with van der Waals surface area (Å²) in [6, 6.07) is 4.16. The molecule has 24 heavy (non-hydrogen) atoms. The molecule has 0 saturated heterocycles. The van der Waals surface area contributed by atoms with Gasteiger partial charge in [0, 0.05) is 17.9 Å². The quantitative estimate of drug-likeness (QED) is 0.590. The van der Waals surface area contributed by atoms with E-state index >= 15 is 0 Å². The van der Waals surface area contributed by atoms with Crippen LogP contribution in [0.5, 0.6) is 0 Å². The normalized spacial score (nSPS) is 12.8. The molecule has 6 heteroatoms. The predicted molar refractivity (Wildman–Crippen MR) is 106 cm³/mol. The Hall–Kier alpha value is -1.40. The van der Waals surface area contributed by atoms with Gasteiger partial charge in [0.15, 0.2) is 5.65 Å². The molecule has 0 atom stereocenters. The van der Waals surface area contributed by atoms with Crippen LogP contribution in [0.4, 0.5) is 5.82 Å². The second-order valence-electron chi connectivity index (χ2n) is 7.96. The molecule has 128 valence electrons.